The van der Waals surface area contributed by atoms with E-state index in [4.69, 9.17) is 4.52 Å². The number of pyridine rings is 1. The fourth-order valence-corrected chi connectivity index (χ4v) is 1.18. The zero-order valence-corrected chi connectivity index (χ0v) is 7.11. The van der Waals surface area contributed by atoms with Crippen molar-refractivity contribution in [2.75, 3.05) is 0 Å². The number of aromatic nitrogens is 2. The fraction of sp³-hybridized carbons (Fsp3) is 0.333. The maximum Gasteiger partial charge on any atom is 0.165 e. The molecule has 0 aliphatic heterocycles. The van der Waals surface area contributed by atoms with Gasteiger partial charge in [0, 0.05) is 12.1 Å². The van der Waals surface area contributed by atoms with Crippen molar-refractivity contribution in [1.29, 1.82) is 0 Å². The molecule has 2 heterocycles. The number of hydrogen-bond acceptors (Lipinski definition) is 3. The number of rotatable bonds is 1. The summed E-state index contributed by atoms with van der Waals surface area (Å²) in [5, 5.41) is 3.90. The summed E-state index contributed by atoms with van der Waals surface area (Å²) in [5.41, 5.74) is 1.72. The Balaban J connectivity index is 2.70. The lowest BCUT2D eigenvalue weighted by Gasteiger charge is -1.95. The SMILES string of the molecule is CC(C)c1onc2cccnc12. The van der Waals surface area contributed by atoms with Gasteiger partial charge < -0.3 is 4.52 Å². The van der Waals surface area contributed by atoms with Crippen LogP contribution in [0, 0.1) is 0 Å². The lowest BCUT2D eigenvalue weighted by molar-refractivity contribution is 0.378. The Morgan fingerprint density at radius 3 is 3.00 bits per heavy atom. The lowest BCUT2D eigenvalue weighted by atomic mass is 10.1. The van der Waals surface area contributed by atoms with E-state index in [1.54, 1.807) is 6.20 Å². The predicted molar refractivity (Wildman–Crippen MR) is 45.9 cm³/mol. The predicted octanol–water partition coefficient (Wildman–Crippen LogP) is 2.35. The highest BCUT2D eigenvalue weighted by molar-refractivity contribution is 5.75. The number of hydrogen-bond donors (Lipinski definition) is 0. The average molecular weight is 162 g/mol. The summed E-state index contributed by atoms with van der Waals surface area (Å²) in [6, 6.07) is 3.76. The minimum Gasteiger partial charge on any atom is -0.358 e. The Labute approximate surface area is 70.4 Å². The van der Waals surface area contributed by atoms with Crippen molar-refractivity contribution in [2.24, 2.45) is 0 Å². The molecule has 3 heteroatoms. The van der Waals surface area contributed by atoms with Crippen LogP contribution in [0.2, 0.25) is 0 Å². The van der Waals surface area contributed by atoms with E-state index in [-0.39, 0.29) is 0 Å². The second-order valence-corrected chi connectivity index (χ2v) is 3.07. The van der Waals surface area contributed by atoms with E-state index in [2.05, 4.69) is 24.0 Å². The van der Waals surface area contributed by atoms with E-state index in [0.717, 1.165) is 16.8 Å². The van der Waals surface area contributed by atoms with Gasteiger partial charge in [-0.2, -0.15) is 0 Å². The third kappa shape index (κ3) is 0.978. The van der Waals surface area contributed by atoms with Crippen molar-refractivity contribution in [3.63, 3.8) is 0 Å². The molecule has 0 atom stereocenters. The molecule has 0 N–H and O–H groups in total. The smallest absolute Gasteiger partial charge is 0.165 e. The Hall–Kier alpha value is -1.38. The molecule has 0 fully saturated rings. The third-order valence-corrected chi connectivity index (χ3v) is 1.79. The van der Waals surface area contributed by atoms with E-state index >= 15 is 0 Å². The monoisotopic (exact) mass is 162 g/mol. The minimum atomic E-state index is 0.338. The average Bonchev–Trinajstić information content (AvgIpc) is 2.47. The molecule has 3 nitrogen and oxygen atoms in total. The molecule has 0 aromatic carbocycles. The molecule has 0 saturated carbocycles. The molecule has 0 unspecified atom stereocenters. The molecule has 0 bridgehead atoms. The molecule has 2 aromatic heterocycles. The lowest BCUT2D eigenvalue weighted by Crippen LogP contribution is -1.85. The summed E-state index contributed by atoms with van der Waals surface area (Å²) >= 11 is 0. The molecule has 0 amide bonds. The van der Waals surface area contributed by atoms with Gasteiger partial charge in [-0.15, -0.1) is 0 Å². The highest BCUT2D eigenvalue weighted by Crippen LogP contribution is 2.22. The van der Waals surface area contributed by atoms with Crippen LogP contribution in [0.5, 0.6) is 0 Å². The van der Waals surface area contributed by atoms with Crippen molar-refractivity contribution in [3.8, 4) is 0 Å². The van der Waals surface area contributed by atoms with Crippen LogP contribution >= 0.6 is 0 Å². The van der Waals surface area contributed by atoms with E-state index in [1.165, 1.54) is 0 Å². The van der Waals surface area contributed by atoms with E-state index < -0.39 is 0 Å². The molecule has 2 aromatic rings. The molecular formula is C9H10N2O. The first-order valence-corrected chi connectivity index (χ1v) is 3.99. The summed E-state index contributed by atoms with van der Waals surface area (Å²) in [6.45, 7) is 4.13. The van der Waals surface area contributed by atoms with Crippen LogP contribution in [0.1, 0.15) is 25.5 Å². The zero-order valence-electron chi connectivity index (χ0n) is 7.11. The third-order valence-electron chi connectivity index (χ3n) is 1.79. The van der Waals surface area contributed by atoms with Crippen LogP contribution in [-0.4, -0.2) is 10.1 Å². The van der Waals surface area contributed by atoms with Gasteiger partial charge in [0.05, 0.1) is 0 Å². The summed E-state index contributed by atoms with van der Waals surface area (Å²) in [7, 11) is 0. The maximum absolute atomic E-state index is 5.16. The largest absolute Gasteiger partial charge is 0.358 e. The van der Waals surface area contributed by atoms with Crippen molar-refractivity contribution in [3.05, 3.63) is 24.1 Å². The van der Waals surface area contributed by atoms with Gasteiger partial charge in [-0.05, 0) is 12.1 Å². The van der Waals surface area contributed by atoms with Crippen LogP contribution in [0.4, 0.5) is 0 Å². The topological polar surface area (TPSA) is 38.9 Å². The molecule has 2 rings (SSSR count). The second kappa shape index (κ2) is 2.59. The number of nitrogens with zero attached hydrogens (tertiary/aromatic N) is 2. The van der Waals surface area contributed by atoms with Crippen LogP contribution in [0.25, 0.3) is 11.0 Å². The molecular weight excluding hydrogens is 152 g/mol. The van der Waals surface area contributed by atoms with E-state index in [1.807, 2.05) is 12.1 Å². The summed E-state index contributed by atoms with van der Waals surface area (Å²) in [6.07, 6.45) is 1.76. The van der Waals surface area contributed by atoms with Gasteiger partial charge in [0.15, 0.2) is 5.76 Å². The van der Waals surface area contributed by atoms with E-state index in [0.29, 0.717) is 5.92 Å². The highest BCUT2D eigenvalue weighted by atomic mass is 16.5. The van der Waals surface area contributed by atoms with Crippen LogP contribution < -0.4 is 0 Å². The summed E-state index contributed by atoms with van der Waals surface area (Å²) in [5.74, 6) is 1.20. The van der Waals surface area contributed by atoms with Gasteiger partial charge in [0.25, 0.3) is 0 Å². The van der Waals surface area contributed by atoms with E-state index in [9.17, 15) is 0 Å². The minimum absolute atomic E-state index is 0.338. The maximum atomic E-state index is 5.16. The van der Waals surface area contributed by atoms with Crippen molar-refractivity contribution in [2.45, 2.75) is 19.8 Å². The molecule has 0 saturated heterocycles. The molecule has 12 heavy (non-hydrogen) atoms. The highest BCUT2D eigenvalue weighted by Gasteiger charge is 2.11. The standard InChI is InChI=1S/C9H10N2O/c1-6(2)9-8-7(11-12-9)4-3-5-10-8/h3-6H,1-2H3. The molecule has 0 aliphatic rings. The van der Waals surface area contributed by atoms with Crippen LogP contribution in [0.15, 0.2) is 22.9 Å². The molecule has 0 radical (unpaired) electrons. The Bertz CT molecular complexity index is 392. The quantitative estimate of drug-likeness (QED) is 0.646. The van der Waals surface area contributed by atoms with Gasteiger partial charge in [-0.25, -0.2) is 0 Å². The summed E-state index contributed by atoms with van der Waals surface area (Å²) < 4.78 is 5.16. The Kier molecular flexibility index (Phi) is 1.57. The molecule has 0 spiro atoms. The second-order valence-electron chi connectivity index (χ2n) is 3.07. The Morgan fingerprint density at radius 2 is 2.25 bits per heavy atom. The van der Waals surface area contributed by atoms with Gasteiger partial charge in [0.2, 0.25) is 0 Å². The summed E-state index contributed by atoms with van der Waals surface area (Å²) in [4.78, 5) is 4.21. The Morgan fingerprint density at radius 1 is 1.42 bits per heavy atom. The zero-order chi connectivity index (χ0) is 8.55. The van der Waals surface area contributed by atoms with Gasteiger partial charge in [-0.1, -0.05) is 19.0 Å². The van der Waals surface area contributed by atoms with Crippen molar-refractivity contribution in [1.82, 2.24) is 10.1 Å². The molecule has 0 aliphatic carbocycles. The van der Waals surface area contributed by atoms with Crippen LogP contribution in [-0.2, 0) is 0 Å². The fourth-order valence-electron chi connectivity index (χ4n) is 1.18. The van der Waals surface area contributed by atoms with Crippen molar-refractivity contribution >= 4 is 11.0 Å². The van der Waals surface area contributed by atoms with Gasteiger partial charge >= 0.3 is 0 Å². The van der Waals surface area contributed by atoms with Gasteiger partial charge in [-0.3, -0.25) is 4.98 Å². The first kappa shape index (κ1) is 7.28. The number of fused-ring (bicyclic) bond motifs is 1. The normalized spacial score (nSPS) is 11.2. The first-order chi connectivity index (χ1) is 5.79. The van der Waals surface area contributed by atoms with Crippen LogP contribution in [0.3, 0.4) is 0 Å². The first-order valence-electron chi connectivity index (χ1n) is 3.99. The van der Waals surface area contributed by atoms with Gasteiger partial charge in [0.1, 0.15) is 11.0 Å². The molecule has 62 valence electrons. The van der Waals surface area contributed by atoms with Crippen molar-refractivity contribution < 1.29 is 4.52 Å².